The monoisotopic (exact) mass is 345 g/mol. The van der Waals surface area contributed by atoms with E-state index in [0.29, 0.717) is 6.42 Å². The fraction of sp³-hybridized carbons (Fsp3) is 0.474. The van der Waals surface area contributed by atoms with Gasteiger partial charge in [0.05, 0.1) is 24.9 Å². The summed E-state index contributed by atoms with van der Waals surface area (Å²) in [6.07, 6.45) is 5.67. The maximum atomic E-state index is 13.2. The van der Waals surface area contributed by atoms with Crippen LogP contribution in [0.5, 0.6) is 0 Å². The van der Waals surface area contributed by atoms with Crippen LogP contribution in [0.15, 0.2) is 36.8 Å². The SMILES string of the molecule is COC(=O)C1(Cc2cncn2[C@H](C)c2ccc(F)cc2)CCNCC1. The molecule has 0 saturated carbocycles. The minimum Gasteiger partial charge on any atom is -0.469 e. The summed E-state index contributed by atoms with van der Waals surface area (Å²) in [5, 5.41) is 3.30. The molecule has 1 aromatic heterocycles. The Morgan fingerprint density at radius 3 is 2.68 bits per heavy atom. The smallest absolute Gasteiger partial charge is 0.312 e. The van der Waals surface area contributed by atoms with E-state index in [1.165, 1.54) is 19.2 Å². The number of ether oxygens (including phenoxy) is 1. The van der Waals surface area contributed by atoms with Gasteiger partial charge in [0, 0.05) is 18.3 Å². The molecule has 6 heteroatoms. The first-order valence-electron chi connectivity index (χ1n) is 8.61. The molecular weight excluding hydrogens is 321 g/mol. The summed E-state index contributed by atoms with van der Waals surface area (Å²) in [6, 6.07) is 6.50. The normalized spacial score (nSPS) is 17.9. The zero-order valence-electron chi connectivity index (χ0n) is 14.7. The first-order chi connectivity index (χ1) is 12.1. The van der Waals surface area contributed by atoms with Crippen LogP contribution in [-0.2, 0) is 16.0 Å². The van der Waals surface area contributed by atoms with Gasteiger partial charge in [0.2, 0.25) is 0 Å². The van der Waals surface area contributed by atoms with Crippen LogP contribution in [0.4, 0.5) is 4.39 Å². The molecular formula is C19H24FN3O2. The number of piperidine rings is 1. The summed E-state index contributed by atoms with van der Waals surface area (Å²) in [6.45, 7) is 3.65. The van der Waals surface area contributed by atoms with Gasteiger partial charge in [0.15, 0.2) is 0 Å². The highest BCUT2D eigenvalue weighted by molar-refractivity contribution is 5.77. The van der Waals surface area contributed by atoms with Crippen molar-refractivity contribution in [1.29, 1.82) is 0 Å². The molecule has 1 N–H and O–H groups in total. The highest BCUT2D eigenvalue weighted by Gasteiger charge is 2.41. The van der Waals surface area contributed by atoms with Crippen LogP contribution in [0.2, 0.25) is 0 Å². The van der Waals surface area contributed by atoms with E-state index in [2.05, 4.69) is 14.9 Å². The van der Waals surface area contributed by atoms with Crippen LogP contribution in [0.25, 0.3) is 0 Å². The molecule has 0 spiro atoms. The maximum Gasteiger partial charge on any atom is 0.312 e. The van der Waals surface area contributed by atoms with E-state index in [1.807, 2.05) is 13.1 Å². The number of carbonyl (C=O) groups is 1. The highest BCUT2D eigenvalue weighted by Crippen LogP contribution is 2.35. The minimum absolute atomic E-state index is 0.00881. The lowest BCUT2D eigenvalue weighted by molar-refractivity contribution is -0.154. The van der Waals surface area contributed by atoms with E-state index in [9.17, 15) is 9.18 Å². The number of benzene rings is 1. The zero-order chi connectivity index (χ0) is 17.9. The Kier molecular flexibility index (Phi) is 5.18. The summed E-state index contributed by atoms with van der Waals surface area (Å²) in [7, 11) is 1.45. The number of hydrogen-bond donors (Lipinski definition) is 1. The van der Waals surface area contributed by atoms with Crippen LogP contribution in [-0.4, -0.2) is 35.7 Å². The van der Waals surface area contributed by atoms with E-state index >= 15 is 0 Å². The van der Waals surface area contributed by atoms with Crippen LogP contribution >= 0.6 is 0 Å². The number of nitrogens with zero attached hydrogens (tertiary/aromatic N) is 2. The van der Waals surface area contributed by atoms with E-state index in [1.54, 1.807) is 18.5 Å². The third-order valence-corrected chi connectivity index (χ3v) is 5.21. The fourth-order valence-electron chi connectivity index (χ4n) is 3.64. The van der Waals surface area contributed by atoms with Gasteiger partial charge in [-0.1, -0.05) is 12.1 Å². The molecule has 1 aromatic carbocycles. The van der Waals surface area contributed by atoms with Crippen molar-refractivity contribution in [2.45, 2.75) is 32.2 Å². The van der Waals surface area contributed by atoms with Gasteiger partial charge in [-0.15, -0.1) is 0 Å². The molecule has 0 bridgehead atoms. The molecule has 0 aliphatic carbocycles. The number of carbonyl (C=O) groups excluding carboxylic acids is 1. The number of imidazole rings is 1. The zero-order valence-corrected chi connectivity index (χ0v) is 14.7. The predicted molar refractivity (Wildman–Crippen MR) is 92.7 cm³/mol. The predicted octanol–water partition coefficient (Wildman–Crippen LogP) is 2.72. The molecule has 3 rings (SSSR count). The third kappa shape index (κ3) is 3.58. The first-order valence-corrected chi connectivity index (χ1v) is 8.61. The second-order valence-electron chi connectivity index (χ2n) is 6.72. The van der Waals surface area contributed by atoms with Crippen LogP contribution < -0.4 is 5.32 Å². The lowest BCUT2D eigenvalue weighted by Crippen LogP contribution is -2.44. The second-order valence-corrected chi connectivity index (χ2v) is 6.72. The number of nitrogens with one attached hydrogen (secondary N) is 1. The van der Waals surface area contributed by atoms with Crippen LogP contribution in [0, 0.1) is 11.2 Å². The van der Waals surface area contributed by atoms with E-state index < -0.39 is 5.41 Å². The molecule has 5 nitrogen and oxygen atoms in total. The molecule has 2 heterocycles. The topological polar surface area (TPSA) is 56.1 Å². The van der Waals surface area contributed by atoms with E-state index in [0.717, 1.165) is 37.2 Å². The Morgan fingerprint density at radius 1 is 1.36 bits per heavy atom. The summed E-state index contributed by atoms with van der Waals surface area (Å²) in [4.78, 5) is 16.8. The molecule has 1 atom stereocenters. The minimum atomic E-state index is -0.514. The lowest BCUT2D eigenvalue weighted by Gasteiger charge is -2.35. The summed E-state index contributed by atoms with van der Waals surface area (Å²) >= 11 is 0. The van der Waals surface area contributed by atoms with Crippen molar-refractivity contribution in [3.05, 3.63) is 53.9 Å². The Balaban J connectivity index is 1.87. The Labute approximate surface area is 147 Å². The van der Waals surface area contributed by atoms with Gasteiger partial charge in [0.1, 0.15) is 5.82 Å². The number of methoxy groups -OCH3 is 1. The largest absolute Gasteiger partial charge is 0.469 e. The summed E-state index contributed by atoms with van der Waals surface area (Å²) in [5.41, 5.74) is 1.47. The number of hydrogen-bond acceptors (Lipinski definition) is 4. The van der Waals surface area contributed by atoms with Crippen molar-refractivity contribution in [1.82, 2.24) is 14.9 Å². The van der Waals surface area contributed by atoms with Crippen molar-refractivity contribution in [3.8, 4) is 0 Å². The first kappa shape index (κ1) is 17.6. The standard InChI is InChI=1S/C19H24FN3O2/c1-14(15-3-5-16(20)6-4-15)23-13-22-12-17(23)11-19(18(24)25-2)7-9-21-10-8-19/h3-6,12-14,21H,7-11H2,1-2H3/t14-/m1/s1. The molecule has 1 aliphatic heterocycles. The molecule has 1 saturated heterocycles. The summed E-state index contributed by atoms with van der Waals surface area (Å²) < 4.78 is 20.3. The molecule has 0 amide bonds. The molecule has 134 valence electrons. The number of rotatable bonds is 5. The molecule has 1 fully saturated rings. The summed E-state index contributed by atoms with van der Waals surface area (Å²) in [5.74, 6) is -0.405. The molecule has 0 unspecified atom stereocenters. The Morgan fingerprint density at radius 2 is 2.04 bits per heavy atom. The molecule has 1 aliphatic rings. The van der Waals surface area contributed by atoms with Crippen molar-refractivity contribution in [2.24, 2.45) is 5.41 Å². The van der Waals surface area contributed by atoms with Gasteiger partial charge in [-0.25, -0.2) is 9.37 Å². The van der Waals surface area contributed by atoms with Crippen molar-refractivity contribution in [2.75, 3.05) is 20.2 Å². The van der Waals surface area contributed by atoms with Crippen molar-refractivity contribution < 1.29 is 13.9 Å². The lowest BCUT2D eigenvalue weighted by atomic mass is 9.75. The van der Waals surface area contributed by atoms with E-state index in [4.69, 9.17) is 4.74 Å². The van der Waals surface area contributed by atoms with Gasteiger partial charge >= 0.3 is 5.97 Å². The second kappa shape index (κ2) is 7.35. The number of halogens is 1. The van der Waals surface area contributed by atoms with Crippen molar-refractivity contribution in [3.63, 3.8) is 0 Å². The van der Waals surface area contributed by atoms with Crippen molar-refractivity contribution >= 4 is 5.97 Å². The average molecular weight is 345 g/mol. The highest BCUT2D eigenvalue weighted by atomic mass is 19.1. The molecule has 0 radical (unpaired) electrons. The quantitative estimate of drug-likeness (QED) is 0.847. The average Bonchev–Trinajstić information content (AvgIpc) is 3.09. The Bertz CT molecular complexity index is 721. The van der Waals surface area contributed by atoms with Crippen LogP contribution in [0.3, 0.4) is 0 Å². The van der Waals surface area contributed by atoms with Gasteiger partial charge in [0.25, 0.3) is 0 Å². The molecule has 2 aromatic rings. The Hall–Kier alpha value is -2.21. The fourth-order valence-corrected chi connectivity index (χ4v) is 3.64. The third-order valence-electron chi connectivity index (χ3n) is 5.21. The number of aromatic nitrogens is 2. The van der Waals surface area contributed by atoms with Gasteiger partial charge in [-0.05, 0) is 50.6 Å². The van der Waals surface area contributed by atoms with E-state index in [-0.39, 0.29) is 17.8 Å². The van der Waals surface area contributed by atoms with Gasteiger partial charge in [-0.2, -0.15) is 0 Å². The maximum absolute atomic E-state index is 13.2. The molecule has 25 heavy (non-hydrogen) atoms. The van der Waals surface area contributed by atoms with Gasteiger partial charge < -0.3 is 14.6 Å². The van der Waals surface area contributed by atoms with Crippen LogP contribution in [0.1, 0.15) is 37.1 Å². The van der Waals surface area contributed by atoms with Gasteiger partial charge in [-0.3, -0.25) is 4.79 Å². The number of esters is 1.